The average Bonchev–Trinajstić information content (AvgIpc) is 2.74. The Morgan fingerprint density at radius 3 is 2.50 bits per heavy atom. The molecular formula is C25H34N4O. The normalized spacial score (nSPS) is 15.4. The van der Waals surface area contributed by atoms with Gasteiger partial charge in [0.15, 0.2) is 0 Å². The van der Waals surface area contributed by atoms with E-state index in [1.54, 1.807) is 0 Å². The van der Waals surface area contributed by atoms with Crippen LogP contribution in [-0.4, -0.2) is 24.5 Å². The van der Waals surface area contributed by atoms with Crippen LogP contribution in [0.25, 0.3) is 10.4 Å². The molecule has 1 fully saturated rings. The Hall–Kier alpha value is -2.49. The number of rotatable bonds is 8. The third kappa shape index (κ3) is 6.01. The maximum atomic E-state index is 8.51. The summed E-state index contributed by atoms with van der Waals surface area (Å²) in [5.74, 6) is 3.25. The number of hydrogen-bond donors (Lipinski definition) is 0. The van der Waals surface area contributed by atoms with Crippen molar-refractivity contribution in [2.24, 2.45) is 11.0 Å². The molecule has 5 nitrogen and oxygen atoms in total. The summed E-state index contributed by atoms with van der Waals surface area (Å²) in [6.07, 6.45) is 2.20. The molecule has 0 bridgehead atoms. The second kappa shape index (κ2) is 10.5. The van der Waals surface area contributed by atoms with Crippen molar-refractivity contribution >= 4 is 0 Å². The Balaban J connectivity index is 1.68. The first kappa shape index (κ1) is 22.2. The van der Waals surface area contributed by atoms with Crippen LogP contribution < -0.4 is 4.74 Å². The van der Waals surface area contributed by atoms with Gasteiger partial charge in [-0.2, -0.15) is 0 Å². The third-order valence-electron chi connectivity index (χ3n) is 5.97. The molecule has 30 heavy (non-hydrogen) atoms. The summed E-state index contributed by atoms with van der Waals surface area (Å²) in [5, 5.41) is 3.74. The Morgan fingerprint density at radius 1 is 1.07 bits per heavy atom. The molecule has 0 spiro atoms. The molecular weight excluding hydrogens is 372 g/mol. The molecule has 0 aromatic heterocycles. The van der Waals surface area contributed by atoms with Crippen molar-refractivity contribution in [1.82, 2.24) is 4.90 Å². The zero-order chi connectivity index (χ0) is 21.5. The second-order valence-electron chi connectivity index (χ2n) is 8.99. The van der Waals surface area contributed by atoms with E-state index >= 15 is 0 Å². The number of hydrogen-bond acceptors (Lipinski definition) is 3. The Labute approximate surface area is 180 Å². The second-order valence-corrected chi connectivity index (χ2v) is 8.99. The van der Waals surface area contributed by atoms with Crippen LogP contribution in [0.2, 0.25) is 0 Å². The number of likely N-dealkylation sites (tertiary alicyclic amines) is 1. The predicted molar refractivity (Wildman–Crippen MR) is 123 cm³/mol. The molecule has 1 saturated heterocycles. The highest BCUT2D eigenvalue weighted by Crippen LogP contribution is 2.33. The van der Waals surface area contributed by atoms with Crippen molar-refractivity contribution in [1.29, 1.82) is 0 Å². The van der Waals surface area contributed by atoms with Crippen LogP contribution in [0.4, 0.5) is 0 Å². The van der Waals surface area contributed by atoms with Gasteiger partial charge in [-0.1, -0.05) is 57.1 Å². The Morgan fingerprint density at radius 2 is 1.83 bits per heavy atom. The molecule has 3 rings (SSSR count). The van der Waals surface area contributed by atoms with Crippen LogP contribution in [0.1, 0.15) is 69.1 Å². The van der Waals surface area contributed by atoms with E-state index in [-0.39, 0.29) is 0 Å². The van der Waals surface area contributed by atoms with Crippen molar-refractivity contribution in [3.05, 3.63) is 69.6 Å². The van der Waals surface area contributed by atoms with E-state index in [2.05, 4.69) is 79.0 Å². The number of nitrogens with zero attached hydrogens (tertiary/aromatic N) is 4. The highest BCUT2D eigenvalue weighted by Gasteiger charge is 2.19. The van der Waals surface area contributed by atoms with Crippen molar-refractivity contribution in [3.63, 3.8) is 0 Å². The minimum Gasteiger partial charge on any atom is -0.457 e. The molecule has 5 heteroatoms. The monoisotopic (exact) mass is 406 g/mol. The fourth-order valence-electron chi connectivity index (χ4n) is 4.04. The Kier molecular flexibility index (Phi) is 7.78. The lowest BCUT2D eigenvalue weighted by atomic mass is 9.96. The molecule has 1 aliphatic rings. The minimum atomic E-state index is 0.391. The van der Waals surface area contributed by atoms with E-state index in [9.17, 15) is 0 Å². The standard InChI is InChI=1S/C25H34N4O/c1-18(2)22-6-5-7-23(15-22)30-25-9-8-21(14-24(25)19(3)4)17-29-12-10-20(11-13-29)16-27-28-26/h5-9,14-15,18-20H,10-13,16-17H2,1-4H3. The summed E-state index contributed by atoms with van der Waals surface area (Å²) in [6.45, 7) is 12.5. The molecule has 0 atom stereocenters. The van der Waals surface area contributed by atoms with E-state index < -0.39 is 0 Å². The molecule has 2 aromatic carbocycles. The lowest BCUT2D eigenvalue weighted by Crippen LogP contribution is -2.34. The van der Waals surface area contributed by atoms with Gasteiger partial charge in [0.1, 0.15) is 11.5 Å². The molecule has 160 valence electrons. The van der Waals surface area contributed by atoms with Crippen LogP contribution in [-0.2, 0) is 6.54 Å². The summed E-state index contributed by atoms with van der Waals surface area (Å²) < 4.78 is 6.30. The van der Waals surface area contributed by atoms with Crippen molar-refractivity contribution in [2.45, 2.75) is 58.9 Å². The van der Waals surface area contributed by atoms with Crippen LogP contribution in [0.5, 0.6) is 11.5 Å². The van der Waals surface area contributed by atoms with Gasteiger partial charge in [0, 0.05) is 18.0 Å². The third-order valence-corrected chi connectivity index (χ3v) is 5.97. The smallest absolute Gasteiger partial charge is 0.130 e. The van der Waals surface area contributed by atoms with E-state index in [0.717, 1.165) is 44.0 Å². The predicted octanol–water partition coefficient (Wildman–Crippen LogP) is 7.25. The average molecular weight is 407 g/mol. The Bertz CT molecular complexity index is 878. The SMILES string of the molecule is CC(C)c1cccc(Oc2ccc(CN3CCC(CN=[N+]=[N-])CC3)cc2C(C)C)c1. The molecule has 0 radical (unpaired) electrons. The fourth-order valence-corrected chi connectivity index (χ4v) is 4.04. The zero-order valence-corrected chi connectivity index (χ0v) is 18.7. The number of azide groups is 1. The number of benzene rings is 2. The van der Waals surface area contributed by atoms with Gasteiger partial charge in [0.25, 0.3) is 0 Å². The van der Waals surface area contributed by atoms with Gasteiger partial charge in [0.05, 0.1) is 0 Å². The first-order valence-corrected chi connectivity index (χ1v) is 11.1. The molecule has 1 aliphatic heterocycles. The van der Waals surface area contributed by atoms with Gasteiger partial charge in [0.2, 0.25) is 0 Å². The first-order valence-electron chi connectivity index (χ1n) is 11.1. The van der Waals surface area contributed by atoms with Crippen molar-refractivity contribution in [2.75, 3.05) is 19.6 Å². The molecule has 0 amide bonds. The zero-order valence-electron chi connectivity index (χ0n) is 18.7. The summed E-state index contributed by atoms with van der Waals surface area (Å²) >= 11 is 0. The highest BCUT2D eigenvalue weighted by atomic mass is 16.5. The summed E-state index contributed by atoms with van der Waals surface area (Å²) in [5.41, 5.74) is 12.4. The summed E-state index contributed by atoms with van der Waals surface area (Å²) in [6, 6.07) is 15.0. The van der Waals surface area contributed by atoms with Crippen LogP contribution in [0.3, 0.4) is 0 Å². The van der Waals surface area contributed by atoms with E-state index in [1.165, 1.54) is 16.7 Å². The molecule has 0 aliphatic carbocycles. The highest BCUT2D eigenvalue weighted by molar-refractivity contribution is 5.43. The maximum Gasteiger partial charge on any atom is 0.130 e. The largest absolute Gasteiger partial charge is 0.457 e. The lowest BCUT2D eigenvalue weighted by Gasteiger charge is -2.31. The van der Waals surface area contributed by atoms with E-state index in [4.69, 9.17) is 10.3 Å². The molecule has 1 heterocycles. The quantitative estimate of drug-likeness (QED) is 0.263. The van der Waals surface area contributed by atoms with E-state index in [1.807, 2.05) is 6.07 Å². The number of piperidine rings is 1. The molecule has 0 N–H and O–H groups in total. The first-order chi connectivity index (χ1) is 14.5. The summed E-state index contributed by atoms with van der Waals surface area (Å²) in [4.78, 5) is 5.39. The maximum absolute atomic E-state index is 8.51. The minimum absolute atomic E-state index is 0.391. The van der Waals surface area contributed by atoms with Crippen LogP contribution in [0, 0.1) is 5.92 Å². The van der Waals surface area contributed by atoms with Crippen molar-refractivity contribution < 1.29 is 4.74 Å². The van der Waals surface area contributed by atoms with Gasteiger partial charge in [-0.05, 0) is 84.1 Å². The van der Waals surface area contributed by atoms with Crippen LogP contribution >= 0.6 is 0 Å². The van der Waals surface area contributed by atoms with Gasteiger partial charge >= 0.3 is 0 Å². The fraction of sp³-hybridized carbons (Fsp3) is 0.520. The lowest BCUT2D eigenvalue weighted by molar-refractivity contribution is 0.180. The number of ether oxygens (including phenoxy) is 1. The van der Waals surface area contributed by atoms with Gasteiger partial charge in [-0.3, -0.25) is 4.90 Å². The summed E-state index contributed by atoms with van der Waals surface area (Å²) in [7, 11) is 0. The van der Waals surface area contributed by atoms with E-state index in [0.29, 0.717) is 24.3 Å². The van der Waals surface area contributed by atoms with Crippen LogP contribution in [0.15, 0.2) is 47.6 Å². The van der Waals surface area contributed by atoms with Gasteiger partial charge in [-0.25, -0.2) is 0 Å². The molecule has 0 saturated carbocycles. The molecule has 0 unspecified atom stereocenters. The molecule has 2 aromatic rings. The van der Waals surface area contributed by atoms with Gasteiger partial charge < -0.3 is 4.74 Å². The van der Waals surface area contributed by atoms with Crippen molar-refractivity contribution in [3.8, 4) is 11.5 Å². The topological polar surface area (TPSA) is 61.2 Å². The van der Waals surface area contributed by atoms with Gasteiger partial charge in [-0.15, -0.1) is 0 Å².